The molecule has 0 spiro atoms. The summed E-state index contributed by atoms with van der Waals surface area (Å²) in [5, 5.41) is -0.409. The molecule has 1 aromatic carbocycles. The van der Waals surface area contributed by atoms with Gasteiger partial charge in [-0.1, -0.05) is 30.3 Å². The molecule has 1 saturated heterocycles. The predicted molar refractivity (Wildman–Crippen MR) is 57.9 cm³/mol. The molecule has 6 heteroatoms. The number of rotatable bonds is 3. The summed E-state index contributed by atoms with van der Waals surface area (Å²) in [7, 11) is 0. The van der Waals surface area contributed by atoms with Crippen LogP contribution in [0.2, 0.25) is 0 Å². The molecule has 0 bridgehead atoms. The summed E-state index contributed by atoms with van der Waals surface area (Å²) in [5.41, 5.74) is 0.795. The van der Waals surface area contributed by atoms with Crippen molar-refractivity contribution in [2.45, 2.75) is 19.4 Å². The number of imide groups is 1. The Labute approximate surface area is 103 Å². The lowest BCUT2D eigenvalue weighted by atomic mass is 10.2. The van der Waals surface area contributed by atoms with Crippen LogP contribution in [0, 0.1) is 0 Å². The van der Waals surface area contributed by atoms with Crippen LogP contribution < -0.4 is 5.06 Å². The van der Waals surface area contributed by atoms with E-state index in [1.807, 2.05) is 18.2 Å². The Balaban J connectivity index is 1.82. The molecule has 2 rings (SSSR count). The highest BCUT2D eigenvalue weighted by molar-refractivity contribution is 5.88. The van der Waals surface area contributed by atoms with Crippen molar-refractivity contribution in [1.82, 2.24) is 0 Å². The Morgan fingerprint density at radius 1 is 1.11 bits per heavy atom. The third kappa shape index (κ3) is 2.92. The Morgan fingerprint density at radius 3 is 2.33 bits per heavy atom. The van der Waals surface area contributed by atoms with Gasteiger partial charge in [-0.25, -0.2) is 14.4 Å². The first kappa shape index (κ1) is 12.3. The van der Waals surface area contributed by atoms with Gasteiger partial charge in [0, 0.05) is 0 Å². The van der Waals surface area contributed by atoms with E-state index in [0.29, 0.717) is 0 Å². The van der Waals surface area contributed by atoms with E-state index in [0.717, 1.165) is 5.56 Å². The second kappa shape index (κ2) is 5.42. The van der Waals surface area contributed by atoms with E-state index < -0.39 is 23.0 Å². The number of hydrogen-bond acceptors (Lipinski definition) is 5. The summed E-state index contributed by atoms with van der Waals surface area (Å²) in [5.74, 6) is -0.895. The molecule has 1 fully saturated rings. The van der Waals surface area contributed by atoms with Crippen molar-refractivity contribution >= 4 is 18.0 Å². The van der Waals surface area contributed by atoms with Gasteiger partial charge in [0.2, 0.25) is 0 Å². The van der Waals surface area contributed by atoms with Crippen LogP contribution in [0.3, 0.4) is 0 Å². The lowest BCUT2D eigenvalue weighted by Crippen LogP contribution is -3.14. The first-order valence-electron chi connectivity index (χ1n) is 5.48. The van der Waals surface area contributed by atoms with Gasteiger partial charge in [-0.3, -0.25) is 0 Å². The molecule has 0 atom stereocenters. The number of hydroxylamine groups is 2. The van der Waals surface area contributed by atoms with E-state index in [9.17, 15) is 14.4 Å². The average molecular weight is 250 g/mol. The predicted octanol–water partition coefficient (Wildman–Crippen LogP) is -0.0133. The molecule has 1 aliphatic rings. The molecule has 0 saturated carbocycles. The summed E-state index contributed by atoms with van der Waals surface area (Å²) in [6.07, 6.45) is -0.835. The minimum absolute atomic E-state index is 0.0370. The molecule has 6 nitrogen and oxygen atoms in total. The number of quaternary nitrogens is 1. The molecular formula is C12H12NO5+. The molecule has 0 aliphatic carbocycles. The van der Waals surface area contributed by atoms with Crippen molar-refractivity contribution in [3.8, 4) is 0 Å². The summed E-state index contributed by atoms with van der Waals surface area (Å²) in [6.45, 7) is 0.0370. The molecule has 2 amide bonds. The fourth-order valence-corrected chi connectivity index (χ4v) is 1.55. The molecule has 18 heavy (non-hydrogen) atoms. The molecule has 0 unspecified atom stereocenters. The van der Waals surface area contributed by atoms with Crippen LogP contribution in [0.4, 0.5) is 4.79 Å². The number of carbonyl (C=O) groups is 3. The highest BCUT2D eigenvalue weighted by Gasteiger charge is 2.40. The van der Waals surface area contributed by atoms with Gasteiger partial charge in [0.15, 0.2) is 0 Å². The topological polar surface area (TPSA) is 74.1 Å². The number of nitrogens with one attached hydrogen (secondary N) is 1. The maximum absolute atomic E-state index is 11.3. The summed E-state index contributed by atoms with van der Waals surface area (Å²) in [4.78, 5) is 38.3. The first-order valence-corrected chi connectivity index (χ1v) is 5.48. The molecule has 0 radical (unpaired) electrons. The molecule has 0 aromatic heterocycles. The first-order chi connectivity index (χ1) is 8.66. The molecular weight excluding hydrogens is 238 g/mol. The second-order valence-corrected chi connectivity index (χ2v) is 3.80. The standard InChI is InChI=1S/C12H11NO5/c14-10-6-7-11(15)13(10)18-12(16)17-8-9-4-2-1-3-5-9/h1-5H,6-8H2/p+1. The van der Waals surface area contributed by atoms with E-state index in [-0.39, 0.29) is 19.4 Å². The lowest BCUT2D eigenvalue weighted by Gasteiger charge is -2.06. The van der Waals surface area contributed by atoms with Crippen molar-refractivity contribution in [3.63, 3.8) is 0 Å². The fraction of sp³-hybridized carbons (Fsp3) is 0.250. The third-order valence-electron chi connectivity index (χ3n) is 2.47. The fourth-order valence-electron chi connectivity index (χ4n) is 1.55. The van der Waals surface area contributed by atoms with Crippen LogP contribution in [0.25, 0.3) is 0 Å². The normalized spacial score (nSPS) is 15.8. The Hall–Kier alpha value is -2.21. The van der Waals surface area contributed by atoms with Crippen LogP contribution in [-0.2, 0) is 25.8 Å². The Kier molecular flexibility index (Phi) is 3.69. The van der Waals surface area contributed by atoms with E-state index in [1.165, 1.54) is 0 Å². The highest BCUT2D eigenvalue weighted by Crippen LogP contribution is 2.01. The molecule has 94 valence electrons. The van der Waals surface area contributed by atoms with Crippen molar-refractivity contribution in [1.29, 1.82) is 0 Å². The van der Waals surface area contributed by atoms with Gasteiger partial charge in [0.05, 0.1) is 12.8 Å². The van der Waals surface area contributed by atoms with E-state index in [2.05, 4.69) is 4.84 Å². The van der Waals surface area contributed by atoms with E-state index in [4.69, 9.17) is 4.74 Å². The lowest BCUT2D eigenvalue weighted by molar-refractivity contribution is -0.935. The monoisotopic (exact) mass is 250 g/mol. The Bertz CT molecular complexity index is 455. The van der Waals surface area contributed by atoms with E-state index in [1.54, 1.807) is 12.1 Å². The van der Waals surface area contributed by atoms with Gasteiger partial charge in [-0.2, -0.15) is 4.79 Å². The minimum Gasteiger partial charge on any atom is -0.426 e. The van der Waals surface area contributed by atoms with Gasteiger partial charge in [-0.05, 0) is 10.6 Å². The number of benzene rings is 1. The zero-order valence-electron chi connectivity index (χ0n) is 9.55. The van der Waals surface area contributed by atoms with Gasteiger partial charge in [0.25, 0.3) is 0 Å². The maximum atomic E-state index is 11.3. The van der Waals surface area contributed by atoms with Gasteiger partial charge < -0.3 is 4.74 Å². The van der Waals surface area contributed by atoms with Crippen LogP contribution in [0.1, 0.15) is 18.4 Å². The third-order valence-corrected chi connectivity index (χ3v) is 2.47. The van der Waals surface area contributed by atoms with Gasteiger partial charge in [-0.15, -0.1) is 0 Å². The molecule has 1 heterocycles. The van der Waals surface area contributed by atoms with Crippen LogP contribution in [0.5, 0.6) is 0 Å². The van der Waals surface area contributed by atoms with Crippen LogP contribution >= 0.6 is 0 Å². The van der Waals surface area contributed by atoms with E-state index >= 15 is 0 Å². The van der Waals surface area contributed by atoms with Crippen LogP contribution in [-0.4, -0.2) is 18.0 Å². The number of carbonyl (C=O) groups excluding carboxylic acids is 3. The molecule has 1 N–H and O–H groups in total. The zero-order valence-corrected chi connectivity index (χ0v) is 9.55. The van der Waals surface area contributed by atoms with Crippen molar-refractivity contribution in [3.05, 3.63) is 35.9 Å². The summed E-state index contributed by atoms with van der Waals surface area (Å²) >= 11 is 0. The highest BCUT2D eigenvalue weighted by atomic mass is 16.8. The van der Waals surface area contributed by atoms with Crippen molar-refractivity contribution in [2.24, 2.45) is 0 Å². The second-order valence-electron chi connectivity index (χ2n) is 3.80. The molecule has 1 aromatic rings. The van der Waals surface area contributed by atoms with Gasteiger partial charge in [0.1, 0.15) is 6.61 Å². The SMILES string of the molecule is O=C(OCc1ccccc1)O[NH+]1C(=O)CCC1=O. The maximum Gasteiger partial charge on any atom is 0.560 e. The van der Waals surface area contributed by atoms with Gasteiger partial charge >= 0.3 is 18.0 Å². The number of ether oxygens (including phenoxy) is 1. The quantitative estimate of drug-likeness (QED) is 0.603. The molecule has 1 aliphatic heterocycles. The number of hydrogen-bond donors (Lipinski definition) is 1. The summed E-state index contributed by atoms with van der Waals surface area (Å²) in [6, 6.07) is 9.03. The van der Waals surface area contributed by atoms with Crippen molar-refractivity contribution in [2.75, 3.05) is 0 Å². The largest absolute Gasteiger partial charge is 0.560 e. The zero-order chi connectivity index (χ0) is 13.0. The smallest absolute Gasteiger partial charge is 0.426 e. The summed E-state index contributed by atoms with van der Waals surface area (Å²) < 4.78 is 4.80. The van der Waals surface area contributed by atoms with Crippen LogP contribution in [0.15, 0.2) is 30.3 Å². The van der Waals surface area contributed by atoms with Crippen molar-refractivity contribution < 1.29 is 29.0 Å². The average Bonchev–Trinajstić information content (AvgIpc) is 2.69. The minimum atomic E-state index is -1.03. The Morgan fingerprint density at radius 2 is 1.72 bits per heavy atom. The number of amides is 2.